The van der Waals surface area contributed by atoms with Crippen LogP contribution < -0.4 is 9.88 Å². The first-order valence-corrected chi connectivity index (χ1v) is 16.3. The molecule has 0 unspecified atom stereocenters. The number of hydrogen-bond donors (Lipinski definition) is 3. The summed E-state index contributed by atoms with van der Waals surface area (Å²) in [5, 5.41) is 26.1. The van der Waals surface area contributed by atoms with Gasteiger partial charge in [-0.2, -0.15) is 4.57 Å². The third-order valence-electron chi connectivity index (χ3n) is 12.7. The molecule has 11 atom stereocenters. The van der Waals surface area contributed by atoms with Gasteiger partial charge in [0.15, 0.2) is 12.4 Å². The average molecular weight is 572 g/mol. The molecule has 0 amide bonds. The van der Waals surface area contributed by atoms with E-state index in [9.17, 15) is 15.0 Å². The number of pyridine rings is 1. The van der Waals surface area contributed by atoms with Crippen molar-refractivity contribution in [1.82, 2.24) is 0 Å². The van der Waals surface area contributed by atoms with Crippen molar-refractivity contribution in [3.8, 4) is 0 Å². The van der Waals surface area contributed by atoms with E-state index in [0.717, 1.165) is 44.3 Å². The number of aliphatic hydroxyl groups is 2. The van der Waals surface area contributed by atoms with Crippen molar-refractivity contribution in [3.63, 3.8) is 0 Å². The van der Waals surface area contributed by atoms with Gasteiger partial charge in [0.25, 0.3) is 6.73 Å². The first kappa shape index (κ1) is 30.7. The summed E-state index contributed by atoms with van der Waals surface area (Å²) in [5.41, 5.74) is 1.91. The van der Waals surface area contributed by atoms with Crippen LogP contribution in [0.5, 0.6) is 0 Å². The van der Waals surface area contributed by atoms with Crippen LogP contribution >= 0.6 is 0 Å². The number of rotatable bonds is 9. The van der Waals surface area contributed by atoms with Crippen molar-refractivity contribution in [2.45, 2.75) is 104 Å². The summed E-state index contributed by atoms with van der Waals surface area (Å²) in [6.45, 7) is 11.0. The number of carbonyl (C=O) groups excluding carboxylic acids is 1. The lowest BCUT2D eigenvalue weighted by Crippen LogP contribution is -2.62. The number of nitrogens with one attached hydrogen (secondary N) is 1. The number of esters is 1. The van der Waals surface area contributed by atoms with Crippen molar-refractivity contribution in [2.24, 2.45) is 52.3 Å². The number of nitrogens with zero attached hydrogens (tertiary/aromatic N) is 1. The molecule has 0 aromatic carbocycles. The molecule has 1 aromatic heterocycles. The molecule has 5 rings (SSSR count). The van der Waals surface area contributed by atoms with E-state index in [1.165, 1.54) is 32.8 Å². The highest BCUT2D eigenvalue weighted by molar-refractivity contribution is 5.89. The van der Waals surface area contributed by atoms with Crippen LogP contribution in [-0.4, -0.2) is 49.2 Å². The Labute approximate surface area is 247 Å². The fourth-order valence-electron chi connectivity index (χ4n) is 10.8. The Hall–Kier alpha value is -1.70. The zero-order valence-electron chi connectivity index (χ0n) is 26.3. The third kappa shape index (κ3) is 5.44. The van der Waals surface area contributed by atoms with E-state index in [4.69, 9.17) is 9.47 Å². The molecule has 0 spiro atoms. The fraction of sp³-hybridized carbons (Fsp3) is 0.824. The molecule has 41 heavy (non-hydrogen) atoms. The Morgan fingerprint density at radius 1 is 1.07 bits per heavy atom. The quantitative estimate of drug-likeness (QED) is 0.271. The summed E-state index contributed by atoms with van der Waals surface area (Å²) in [7, 11) is 3.04. The molecule has 1 heterocycles. The first-order chi connectivity index (χ1) is 19.6. The highest BCUT2D eigenvalue weighted by Crippen LogP contribution is 2.69. The molecular weight excluding hydrogens is 516 g/mol. The minimum absolute atomic E-state index is 0.196. The maximum atomic E-state index is 12.2. The van der Waals surface area contributed by atoms with Crippen LogP contribution in [-0.2, 0) is 16.2 Å². The van der Waals surface area contributed by atoms with Crippen LogP contribution in [0.2, 0.25) is 0 Å². The normalized spacial score (nSPS) is 40.7. The van der Waals surface area contributed by atoms with Gasteiger partial charge in [-0.3, -0.25) is 0 Å². The van der Waals surface area contributed by atoms with E-state index in [0.29, 0.717) is 53.7 Å². The second kappa shape index (κ2) is 12.1. The Bertz CT molecular complexity index is 1080. The summed E-state index contributed by atoms with van der Waals surface area (Å²) in [6.07, 6.45) is 13.2. The number of anilines is 1. The Morgan fingerprint density at radius 2 is 1.80 bits per heavy atom. The minimum Gasteiger partial charge on any atom is -0.465 e. The van der Waals surface area contributed by atoms with Crippen LogP contribution in [0, 0.1) is 52.3 Å². The summed E-state index contributed by atoms with van der Waals surface area (Å²) in [5.74, 6) is 3.17. The standard InChI is InChI=1S/C34H55N2O5/c1-7-25-29-17-24(37)10-13-34(29,4)28-11-14-33(3)26(8-9-27(33)30(28)31(25)38)21(2)12-15-35-23-16-22(32(39)41-6)18-36(19-23)20-40-5/h16,18-19,21,24-31,35,37-38H,7-15,17,20H2,1-6H3/q+1/t21-,24-,25-,26-,27+,28+,29+,30+,31-,33-,34-/m1/s1. The lowest BCUT2D eigenvalue weighted by Gasteiger charge is -2.64. The molecule has 1 aromatic rings. The highest BCUT2D eigenvalue weighted by Gasteiger charge is 2.64. The molecule has 4 aliphatic rings. The SMILES string of the molecule is CC[C@H]1[C@@H](O)[C@@H]2[C@H](CC[C@]3(C)[C@@H]([C@H](C)CCNc4cc(C(=O)OC)c[n+](COC)c4)CC[C@@H]23)[C@@]2(C)CC[C@@H](O)C[C@@H]12. The monoisotopic (exact) mass is 571 g/mol. The number of ether oxygens (including phenoxy) is 2. The van der Waals surface area contributed by atoms with Crippen LogP contribution in [0.3, 0.4) is 0 Å². The Morgan fingerprint density at radius 3 is 2.51 bits per heavy atom. The fourth-order valence-corrected chi connectivity index (χ4v) is 10.8. The van der Waals surface area contributed by atoms with E-state index in [-0.39, 0.29) is 29.0 Å². The number of carbonyl (C=O) groups is 1. The smallest absolute Gasteiger partial charge is 0.344 e. The maximum Gasteiger partial charge on any atom is 0.344 e. The van der Waals surface area contributed by atoms with E-state index in [2.05, 4.69) is 33.0 Å². The van der Waals surface area contributed by atoms with Crippen molar-refractivity contribution in [1.29, 1.82) is 0 Å². The lowest BCUT2D eigenvalue weighted by atomic mass is 9.41. The molecule has 0 bridgehead atoms. The molecular formula is C34H55N2O5+. The summed E-state index contributed by atoms with van der Waals surface area (Å²) < 4.78 is 12.1. The summed E-state index contributed by atoms with van der Waals surface area (Å²) in [6, 6.07) is 1.85. The topological polar surface area (TPSA) is 91.9 Å². The number of methoxy groups -OCH3 is 2. The van der Waals surface area contributed by atoms with Gasteiger partial charge in [-0.25, -0.2) is 4.79 Å². The van der Waals surface area contributed by atoms with Crippen LogP contribution in [0.4, 0.5) is 5.69 Å². The van der Waals surface area contributed by atoms with Gasteiger partial charge in [0.1, 0.15) is 11.3 Å². The van der Waals surface area contributed by atoms with Gasteiger partial charge in [0, 0.05) is 13.7 Å². The molecule has 4 saturated carbocycles. The zero-order chi connectivity index (χ0) is 29.5. The van der Waals surface area contributed by atoms with Crippen molar-refractivity contribution >= 4 is 11.7 Å². The van der Waals surface area contributed by atoms with Gasteiger partial charge in [-0.15, -0.1) is 0 Å². The molecule has 7 heteroatoms. The zero-order valence-corrected chi connectivity index (χ0v) is 26.3. The predicted molar refractivity (Wildman–Crippen MR) is 159 cm³/mol. The molecule has 3 N–H and O–H groups in total. The first-order valence-electron chi connectivity index (χ1n) is 16.3. The summed E-state index contributed by atoms with van der Waals surface area (Å²) in [4.78, 5) is 12.2. The minimum atomic E-state index is -0.354. The molecule has 4 aliphatic carbocycles. The second-order valence-corrected chi connectivity index (χ2v) is 14.6. The molecule has 0 radical (unpaired) electrons. The molecule has 0 aliphatic heterocycles. The van der Waals surface area contributed by atoms with Gasteiger partial charge in [0.2, 0.25) is 0 Å². The van der Waals surface area contributed by atoms with Crippen LogP contribution in [0.1, 0.15) is 95.8 Å². The molecule has 230 valence electrons. The van der Waals surface area contributed by atoms with Crippen molar-refractivity contribution < 1.29 is 29.0 Å². The van der Waals surface area contributed by atoms with Crippen LogP contribution in [0.15, 0.2) is 18.5 Å². The van der Waals surface area contributed by atoms with Crippen LogP contribution in [0.25, 0.3) is 0 Å². The maximum absolute atomic E-state index is 12.2. The number of fused-ring (bicyclic) bond motifs is 5. The summed E-state index contributed by atoms with van der Waals surface area (Å²) >= 11 is 0. The Kier molecular flexibility index (Phi) is 9.09. The molecule has 0 saturated heterocycles. The molecule has 4 fully saturated rings. The third-order valence-corrected chi connectivity index (χ3v) is 12.7. The van der Waals surface area contributed by atoms with Gasteiger partial charge in [0.05, 0.1) is 19.3 Å². The predicted octanol–water partition coefficient (Wildman–Crippen LogP) is 5.43. The van der Waals surface area contributed by atoms with E-state index < -0.39 is 0 Å². The van der Waals surface area contributed by atoms with Gasteiger partial charge in [-0.05, 0) is 110 Å². The average Bonchev–Trinajstić information content (AvgIpc) is 3.31. The lowest BCUT2D eigenvalue weighted by molar-refractivity contribution is -0.730. The number of hydrogen-bond acceptors (Lipinski definition) is 6. The van der Waals surface area contributed by atoms with E-state index in [1.54, 1.807) is 13.3 Å². The number of aromatic nitrogens is 1. The highest BCUT2D eigenvalue weighted by atomic mass is 16.5. The molecule has 7 nitrogen and oxygen atoms in total. The van der Waals surface area contributed by atoms with Gasteiger partial charge in [-0.1, -0.05) is 34.1 Å². The Balaban J connectivity index is 1.28. The van der Waals surface area contributed by atoms with Crippen molar-refractivity contribution in [3.05, 3.63) is 24.0 Å². The van der Waals surface area contributed by atoms with Crippen molar-refractivity contribution in [2.75, 3.05) is 26.1 Å². The van der Waals surface area contributed by atoms with E-state index in [1.807, 2.05) is 16.8 Å². The van der Waals surface area contributed by atoms with Gasteiger partial charge < -0.3 is 25.0 Å². The number of aliphatic hydroxyl groups excluding tert-OH is 2. The van der Waals surface area contributed by atoms with E-state index >= 15 is 0 Å². The van der Waals surface area contributed by atoms with Gasteiger partial charge >= 0.3 is 5.97 Å². The largest absolute Gasteiger partial charge is 0.465 e. The second-order valence-electron chi connectivity index (χ2n) is 14.6.